The van der Waals surface area contributed by atoms with Gasteiger partial charge < -0.3 is 19.3 Å². The van der Waals surface area contributed by atoms with Crippen LogP contribution in [-0.2, 0) is 14.2 Å². The minimum Gasteiger partial charge on any atom is -0.434 e. The van der Waals surface area contributed by atoms with Crippen molar-refractivity contribution < 1.29 is 24.1 Å². The van der Waals surface area contributed by atoms with Crippen LogP contribution < -0.4 is 11.2 Å². The summed E-state index contributed by atoms with van der Waals surface area (Å²) in [6.45, 7) is 3.80. The van der Waals surface area contributed by atoms with Gasteiger partial charge in [-0.25, -0.2) is 9.59 Å². The minimum atomic E-state index is -0.938. The van der Waals surface area contributed by atoms with Crippen LogP contribution in [0.1, 0.15) is 32.1 Å². The molecule has 2 rings (SSSR count). The average molecular weight is 433 g/mol. The summed E-state index contributed by atoms with van der Waals surface area (Å²) in [6, 6.07) is 0. The highest BCUT2D eigenvalue weighted by atomic mass is 79.9. The van der Waals surface area contributed by atoms with Crippen LogP contribution in [0.2, 0.25) is 0 Å². The second-order valence-electron chi connectivity index (χ2n) is 6.24. The Labute approximate surface area is 157 Å². The van der Waals surface area contributed by atoms with E-state index >= 15 is 0 Å². The van der Waals surface area contributed by atoms with Crippen LogP contribution in [0.15, 0.2) is 20.8 Å². The molecule has 0 spiro atoms. The monoisotopic (exact) mass is 432 g/mol. The number of aromatic nitrogens is 2. The van der Waals surface area contributed by atoms with Gasteiger partial charge in [0, 0.05) is 12.6 Å². The molecule has 0 radical (unpaired) electrons. The van der Waals surface area contributed by atoms with Crippen molar-refractivity contribution in [1.82, 2.24) is 9.55 Å². The Kier molecular flexibility index (Phi) is 7.18. The number of hydrogen-bond acceptors (Lipinski definition) is 7. The Morgan fingerprint density at radius 3 is 2.88 bits per heavy atom. The second-order valence-corrected chi connectivity index (χ2v) is 6.77. The number of nitrogens with one attached hydrogen (secondary N) is 1. The Morgan fingerprint density at radius 1 is 1.50 bits per heavy atom. The van der Waals surface area contributed by atoms with Gasteiger partial charge in [-0.2, -0.15) is 0 Å². The van der Waals surface area contributed by atoms with Crippen LogP contribution in [0.3, 0.4) is 0 Å². The van der Waals surface area contributed by atoms with E-state index in [9.17, 15) is 19.5 Å². The normalized spacial score (nSPS) is 22.9. The molecule has 1 unspecified atom stereocenters. The van der Waals surface area contributed by atoms with Gasteiger partial charge in [0.05, 0.1) is 18.3 Å². The van der Waals surface area contributed by atoms with Crippen LogP contribution in [-0.4, -0.2) is 46.2 Å². The van der Waals surface area contributed by atoms with E-state index in [-0.39, 0.29) is 31.1 Å². The number of aliphatic hydroxyl groups excluding tert-OH is 1. The Balaban J connectivity index is 2.02. The molecule has 0 bridgehead atoms. The molecule has 3 atom stereocenters. The molecule has 0 saturated carbocycles. The van der Waals surface area contributed by atoms with Gasteiger partial charge in [0.25, 0.3) is 5.56 Å². The summed E-state index contributed by atoms with van der Waals surface area (Å²) in [5.41, 5.74) is -0.943. The fraction of sp³-hybridized carbons (Fsp3) is 0.562. The number of ether oxygens (including phenoxy) is 3. The molecular weight excluding hydrogens is 412 g/mol. The molecule has 0 amide bonds. The lowest BCUT2D eigenvalue weighted by atomic mass is 10.2. The Morgan fingerprint density at radius 2 is 2.23 bits per heavy atom. The standard InChI is InChI=1S/C16H21BrN2O7/c1-9(2)7-24-16(23)25-8-12-11(20)5-13(26-12)19-6-10(3-4-17)14(21)18-15(19)22/h3-4,6,9,11-13,20H,5,7-8H2,1-2H3,(H,18,21,22)/t11?,12-,13-/m0/s1. The van der Waals surface area contributed by atoms with Gasteiger partial charge in [-0.05, 0) is 17.0 Å². The number of hydrogen-bond donors (Lipinski definition) is 2. The zero-order valence-corrected chi connectivity index (χ0v) is 16.0. The van der Waals surface area contributed by atoms with E-state index in [1.807, 2.05) is 13.8 Å². The van der Waals surface area contributed by atoms with Crippen LogP contribution in [0.4, 0.5) is 4.79 Å². The molecule has 10 heteroatoms. The number of halogens is 1. The lowest BCUT2D eigenvalue weighted by Crippen LogP contribution is -2.33. The predicted octanol–water partition coefficient (Wildman–Crippen LogP) is 1.36. The maximum absolute atomic E-state index is 12.0. The Bertz CT molecular complexity index is 771. The average Bonchev–Trinajstić information content (AvgIpc) is 2.94. The largest absolute Gasteiger partial charge is 0.508 e. The van der Waals surface area contributed by atoms with Crippen molar-refractivity contribution in [2.75, 3.05) is 13.2 Å². The quantitative estimate of drug-likeness (QED) is 0.650. The molecule has 26 heavy (non-hydrogen) atoms. The molecule has 1 aliphatic rings. The van der Waals surface area contributed by atoms with Crippen molar-refractivity contribution in [2.45, 2.75) is 38.7 Å². The SMILES string of the molecule is CC(C)COC(=O)OC[C@@H]1O[C@H](n2cc(C=CBr)c(=O)[nH]c2=O)CC1O. The smallest absolute Gasteiger partial charge is 0.434 e. The molecule has 1 aliphatic heterocycles. The summed E-state index contributed by atoms with van der Waals surface area (Å²) in [5.74, 6) is 0.176. The zero-order valence-electron chi connectivity index (χ0n) is 14.4. The molecular formula is C16H21BrN2O7. The third-order valence-electron chi connectivity index (χ3n) is 3.65. The van der Waals surface area contributed by atoms with E-state index in [0.717, 1.165) is 0 Å². The number of rotatable bonds is 6. The van der Waals surface area contributed by atoms with E-state index in [0.29, 0.717) is 0 Å². The van der Waals surface area contributed by atoms with E-state index < -0.39 is 35.8 Å². The molecule has 1 saturated heterocycles. The summed E-state index contributed by atoms with van der Waals surface area (Å²) in [6.07, 6.45) is -0.450. The highest BCUT2D eigenvalue weighted by molar-refractivity contribution is 9.11. The third-order valence-corrected chi connectivity index (χ3v) is 3.92. The van der Waals surface area contributed by atoms with Gasteiger partial charge in [-0.15, -0.1) is 0 Å². The van der Waals surface area contributed by atoms with Gasteiger partial charge in [0.1, 0.15) is 18.9 Å². The summed E-state index contributed by atoms with van der Waals surface area (Å²) in [7, 11) is 0. The first-order chi connectivity index (χ1) is 12.3. The summed E-state index contributed by atoms with van der Waals surface area (Å²) < 4.78 is 16.6. The fourth-order valence-corrected chi connectivity index (χ4v) is 2.65. The number of carbonyl (C=O) groups is 1. The zero-order chi connectivity index (χ0) is 19.3. The van der Waals surface area contributed by atoms with Gasteiger partial charge in [0.2, 0.25) is 0 Å². The van der Waals surface area contributed by atoms with Crippen molar-refractivity contribution >= 4 is 28.2 Å². The van der Waals surface area contributed by atoms with Crippen molar-refractivity contribution in [3.63, 3.8) is 0 Å². The van der Waals surface area contributed by atoms with Crippen molar-refractivity contribution in [2.24, 2.45) is 5.92 Å². The molecule has 1 aromatic heterocycles. The first-order valence-electron chi connectivity index (χ1n) is 8.07. The van der Waals surface area contributed by atoms with E-state index in [2.05, 4.69) is 20.9 Å². The van der Waals surface area contributed by atoms with E-state index in [1.165, 1.54) is 21.8 Å². The fourth-order valence-electron chi connectivity index (χ4n) is 2.36. The van der Waals surface area contributed by atoms with Gasteiger partial charge in [-0.1, -0.05) is 29.8 Å². The number of H-pyrrole nitrogens is 1. The van der Waals surface area contributed by atoms with Crippen molar-refractivity contribution in [3.05, 3.63) is 37.6 Å². The molecule has 2 N–H and O–H groups in total. The highest BCUT2D eigenvalue weighted by Crippen LogP contribution is 2.28. The second kappa shape index (κ2) is 9.15. The van der Waals surface area contributed by atoms with Crippen LogP contribution in [0, 0.1) is 5.92 Å². The lowest BCUT2D eigenvalue weighted by Gasteiger charge is -2.16. The summed E-state index contributed by atoms with van der Waals surface area (Å²) >= 11 is 3.07. The molecule has 9 nitrogen and oxygen atoms in total. The molecule has 2 heterocycles. The number of aromatic amines is 1. The van der Waals surface area contributed by atoms with Gasteiger partial charge in [0.15, 0.2) is 0 Å². The van der Waals surface area contributed by atoms with Gasteiger partial charge in [-0.3, -0.25) is 14.3 Å². The van der Waals surface area contributed by atoms with Crippen LogP contribution in [0.25, 0.3) is 6.08 Å². The maximum Gasteiger partial charge on any atom is 0.508 e. The predicted molar refractivity (Wildman–Crippen MR) is 96.0 cm³/mol. The molecule has 0 aromatic carbocycles. The maximum atomic E-state index is 12.0. The van der Waals surface area contributed by atoms with Crippen LogP contribution in [0.5, 0.6) is 0 Å². The summed E-state index contributed by atoms with van der Waals surface area (Å²) in [5, 5.41) is 10.1. The molecule has 1 fully saturated rings. The minimum absolute atomic E-state index is 0.110. The number of nitrogens with zero attached hydrogens (tertiary/aromatic N) is 1. The first kappa shape index (κ1) is 20.4. The summed E-state index contributed by atoms with van der Waals surface area (Å²) in [4.78, 5) is 38.9. The van der Waals surface area contributed by atoms with Crippen molar-refractivity contribution in [3.8, 4) is 0 Å². The molecule has 144 valence electrons. The lowest BCUT2D eigenvalue weighted by molar-refractivity contribution is -0.0595. The van der Waals surface area contributed by atoms with E-state index in [1.54, 1.807) is 0 Å². The van der Waals surface area contributed by atoms with Crippen molar-refractivity contribution in [1.29, 1.82) is 0 Å². The number of aliphatic hydroxyl groups is 1. The van der Waals surface area contributed by atoms with E-state index in [4.69, 9.17) is 14.2 Å². The highest BCUT2D eigenvalue weighted by Gasteiger charge is 2.36. The number of carbonyl (C=O) groups excluding carboxylic acids is 1. The van der Waals surface area contributed by atoms with Gasteiger partial charge >= 0.3 is 11.8 Å². The molecule has 0 aliphatic carbocycles. The Hall–Kier alpha value is -1.91. The van der Waals surface area contributed by atoms with Crippen LogP contribution >= 0.6 is 15.9 Å². The third kappa shape index (κ3) is 5.29. The molecule has 1 aromatic rings. The first-order valence-corrected chi connectivity index (χ1v) is 8.98. The topological polar surface area (TPSA) is 120 Å².